The first-order chi connectivity index (χ1) is 6.29. The molecule has 1 aromatic carbocycles. The number of carbonyl (C=O) groups excluding carboxylic acids is 1. The fourth-order valence-electron chi connectivity index (χ4n) is 1.46. The van der Waals surface area contributed by atoms with Crippen LogP contribution in [0.2, 0.25) is 0 Å². The fourth-order valence-corrected chi connectivity index (χ4v) is 1.46. The van der Waals surface area contributed by atoms with Crippen LogP contribution < -0.4 is 0 Å². The number of hydrogen-bond donors (Lipinski definition) is 1. The number of aliphatic hydroxyl groups is 1. The molecule has 0 aromatic heterocycles. The highest BCUT2D eigenvalue weighted by molar-refractivity contribution is 5.99. The molecule has 2 rings (SSSR count). The predicted molar refractivity (Wildman–Crippen MR) is 48.7 cm³/mol. The van der Waals surface area contributed by atoms with Gasteiger partial charge < -0.3 is 5.11 Å². The van der Waals surface area contributed by atoms with E-state index in [9.17, 15) is 9.90 Å². The minimum Gasteiger partial charge on any atom is -0.386 e. The summed E-state index contributed by atoms with van der Waals surface area (Å²) in [6.45, 7) is 0. The number of nitrogens with zero attached hydrogens (tertiary/aromatic N) is 1. The van der Waals surface area contributed by atoms with Crippen LogP contribution in [0.25, 0.3) is 0 Å². The van der Waals surface area contributed by atoms with Gasteiger partial charge in [-0.1, -0.05) is 30.3 Å². The molecule has 3 heteroatoms. The Morgan fingerprint density at radius 1 is 1.23 bits per heavy atom. The van der Waals surface area contributed by atoms with Gasteiger partial charge in [-0.2, -0.15) is 0 Å². The van der Waals surface area contributed by atoms with Crippen LogP contribution in [0, 0.1) is 0 Å². The van der Waals surface area contributed by atoms with Gasteiger partial charge in [-0.05, 0) is 5.56 Å². The Morgan fingerprint density at radius 3 is 2.46 bits per heavy atom. The Morgan fingerprint density at radius 2 is 1.92 bits per heavy atom. The summed E-state index contributed by atoms with van der Waals surface area (Å²) in [5.41, 5.74) is 0.817. The number of carbonyl (C=O) groups is 1. The highest BCUT2D eigenvalue weighted by atomic mass is 16.3. The van der Waals surface area contributed by atoms with E-state index < -0.39 is 12.0 Å². The largest absolute Gasteiger partial charge is 0.386 e. The Hall–Kier alpha value is -1.48. The Labute approximate surface area is 75.7 Å². The van der Waals surface area contributed by atoms with E-state index in [4.69, 9.17) is 0 Å². The van der Waals surface area contributed by atoms with Crippen LogP contribution in [-0.4, -0.2) is 23.3 Å². The number of amides is 1. The molecule has 0 radical (unpaired) electrons. The summed E-state index contributed by atoms with van der Waals surface area (Å²) in [4.78, 5) is 14.8. The second kappa shape index (κ2) is 3.11. The van der Waals surface area contributed by atoms with E-state index >= 15 is 0 Å². The maximum atomic E-state index is 11.2. The van der Waals surface area contributed by atoms with Crippen molar-refractivity contribution in [3.05, 3.63) is 35.9 Å². The van der Waals surface area contributed by atoms with Crippen molar-refractivity contribution in [2.24, 2.45) is 4.99 Å². The molecule has 0 bridgehead atoms. The van der Waals surface area contributed by atoms with Gasteiger partial charge in [0.1, 0.15) is 6.10 Å². The van der Waals surface area contributed by atoms with Gasteiger partial charge in [-0.15, -0.1) is 0 Å². The lowest BCUT2D eigenvalue weighted by Crippen LogP contribution is -2.19. The molecule has 66 valence electrons. The first-order valence-corrected chi connectivity index (χ1v) is 4.10. The monoisotopic (exact) mass is 175 g/mol. The smallest absolute Gasteiger partial charge is 0.255 e. The van der Waals surface area contributed by atoms with Crippen LogP contribution in [-0.2, 0) is 4.79 Å². The van der Waals surface area contributed by atoms with Gasteiger partial charge in [0.2, 0.25) is 0 Å². The van der Waals surface area contributed by atoms with E-state index in [1.54, 1.807) is 0 Å². The molecule has 1 aromatic rings. The van der Waals surface area contributed by atoms with E-state index in [1.165, 1.54) is 6.21 Å². The summed E-state index contributed by atoms with van der Waals surface area (Å²) in [5.74, 6) is -0.764. The number of rotatable bonds is 1. The van der Waals surface area contributed by atoms with E-state index in [-0.39, 0.29) is 5.91 Å². The molecule has 2 unspecified atom stereocenters. The van der Waals surface area contributed by atoms with Crippen molar-refractivity contribution >= 4 is 12.1 Å². The number of benzene rings is 1. The van der Waals surface area contributed by atoms with Gasteiger partial charge in [-0.3, -0.25) is 4.79 Å². The van der Waals surface area contributed by atoms with E-state index in [2.05, 4.69) is 4.99 Å². The summed E-state index contributed by atoms with van der Waals surface area (Å²) in [6.07, 6.45) is 0.523. The molecule has 1 aliphatic heterocycles. The fraction of sp³-hybridized carbons (Fsp3) is 0.200. The quantitative estimate of drug-likeness (QED) is 0.684. The highest BCUT2D eigenvalue weighted by Crippen LogP contribution is 2.24. The SMILES string of the molecule is O=C1N=CC(O)C1c1ccccc1. The Kier molecular flexibility index (Phi) is 1.94. The minimum absolute atomic E-state index is 0.265. The zero-order valence-corrected chi connectivity index (χ0v) is 6.92. The molecule has 2 atom stereocenters. The van der Waals surface area contributed by atoms with Crippen molar-refractivity contribution < 1.29 is 9.90 Å². The van der Waals surface area contributed by atoms with Crippen LogP contribution in [0.5, 0.6) is 0 Å². The summed E-state index contributed by atoms with van der Waals surface area (Å²) in [6, 6.07) is 9.19. The third-order valence-corrected chi connectivity index (χ3v) is 2.12. The van der Waals surface area contributed by atoms with Crippen LogP contribution in [0.3, 0.4) is 0 Å². The van der Waals surface area contributed by atoms with Crippen LogP contribution in [0.1, 0.15) is 11.5 Å². The first-order valence-electron chi connectivity index (χ1n) is 4.10. The van der Waals surface area contributed by atoms with Crippen molar-refractivity contribution in [3.8, 4) is 0 Å². The predicted octanol–water partition coefficient (Wildman–Crippen LogP) is 0.742. The molecule has 1 aliphatic rings. The number of aliphatic imine (C=N–C) groups is 1. The number of hydrogen-bond acceptors (Lipinski definition) is 2. The third-order valence-electron chi connectivity index (χ3n) is 2.12. The lowest BCUT2D eigenvalue weighted by atomic mass is 9.95. The molecule has 1 amide bonds. The van der Waals surface area contributed by atoms with Gasteiger partial charge in [0, 0.05) is 6.21 Å². The molecule has 0 saturated carbocycles. The van der Waals surface area contributed by atoms with Crippen molar-refractivity contribution in [2.45, 2.75) is 12.0 Å². The normalized spacial score (nSPS) is 26.7. The summed E-state index contributed by atoms with van der Waals surface area (Å²) in [5, 5.41) is 9.44. The van der Waals surface area contributed by atoms with Gasteiger partial charge in [-0.25, -0.2) is 4.99 Å². The first kappa shape index (κ1) is 8.13. The van der Waals surface area contributed by atoms with Crippen molar-refractivity contribution in [3.63, 3.8) is 0 Å². The van der Waals surface area contributed by atoms with Crippen LogP contribution >= 0.6 is 0 Å². The maximum absolute atomic E-state index is 11.2. The molecular formula is C10H9NO2. The topological polar surface area (TPSA) is 49.7 Å². The summed E-state index contributed by atoms with van der Waals surface area (Å²) in [7, 11) is 0. The van der Waals surface area contributed by atoms with Crippen LogP contribution in [0.15, 0.2) is 35.3 Å². The average Bonchev–Trinajstić information content (AvgIpc) is 2.48. The van der Waals surface area contributed by atoms with Crippen LogP contribution in [0.4, 0.5) is 0 Å². The molecule has 1 N–H and O–H groups in total. The second-order valence-corrected chi connectivity index (χ2v) is 3.00. The van der Waals surface area contributed by atoms with Crippen molar-refractivity contribution in [1.82, 2.24) is 0 Å². The Balaban J connectivity index is 2.33. The lowest BCUT2D eigenvalue weighted by Gasteiger charge is -2.10. The summed E-state index contributed by atoms with van der Waals surface area (Å²) >= 11 is 0. The van der Waals surface area contributed by atoms with E-state index in [1.807, 2.05) is 30.3 Å². The molecule has 0 aliphatic carbocycles. The van der Waals surface area contributed by atoms with E-state index in [0.29, 0.717) is 0 Å². The van der Waals surface area contributed by atoms with E-state index in [0.717, 1.165) is 5.56 Å². The molecule has 3 nitrogen and oxygen atoms in total. The number of aliphatic hydroxyl groups excluding tert-OH is 1. The third kappa shape index (κ3) is 1.38. The molecule has 0 fully saturated rings. The minimum atomic E-state index is -0.769. The standard InChI is InChI=1S/C10H9NO2/c12-8-6-11-10(13)9(8)7-4-2-1-3-5-7/h1-6,8-9,12H. The average molecular weight is 175 g/mol. The maximum Gasteiger partial charge on any atom is 0.255 e. The van der Waals surface area contributed by atoms with Gasteiger partial charge in [0.05, 0.1) is 5.92 Å². The molecule has 13 heavy (non-hydrogen) atoms. The molecule has 0 spiro atoms. The lowest BCUT2D eigenvalue weighted by molar-refractivity contribution is -0.119. The zero-order valence-electron chi connectivity index (χ0n) is 6.92. The highest BCUT2D eigenvalue weighted by Gasteiger charge is 2.31. The molecule has 0 saturated heterocycles. The van der Waals surface area contributed by atoms with Gasteiger partial charge >= 0.3 is 0 Å². The van der Waals surface area contributed by atoms with Gasteiger partial charge in [0.15, 0.2) is 0 Å². The van der Waals surface area contributed by atoms with Crippen molar-refractivity contribution in [2.75, 3.05) is 0 Å². The van der Waals surface area contributed by atoms with Gasteiger partial charge in [0.25, 0.3) is 5.91 Å². The second-order valence-electron chi connectivity index (χ2n) is 3.00. The molecular weight excluding hydrogens is 166 g/mol. The molecule has 1 heterocycles. The Bertz CT molecular complexity index is 345. The zero-order chi connectivity index (χ0) is 9.26. The van der Waals surface area contributed by atoms with Crippen molar-refractivity contribution in [1.29, 1.82) is 0 Å². The summed E-state index contributed by atoms with van der Waals surface area (Å²) < 4.78 is 0.